The van der Waals surface area contributed by atoms with E-state index >= 15 is 0 Å². The molecule has 0 amide bonds. The van der Waals surface area contributed by atoms with Crippen LogP contribution in [0.5, 0.6) is 0 Å². The van der Waals surface area contributed by atoms with E-state index in [1.54, 1.807) is 26.0 Å². The molecule has 106 valence electrons. The lowest BCUT2D eigenvalue weighted by atomic mass is 9.93. The maximum Gasteiger partial charge on any atom is 0.180 e. The van der Waals surface area contributed by atoms with Crippen LogP contribution in [0.25, 0.3) is 0 Å². The summed E-state index contributed by atoms with van der Waals surface area (Å²) in [5.41, 5.74) is 1.21. The summed E-state index contributed by atoms with van der Waals surface area (Å²) in [4.78, 5) is 0.423. The molecule has 0 heterocycles. The van der Waals surface area contributed by atoms with Gasteiger partial charge in [-0.25, -0.2) is 8.42 Å². The van der Waals surface area contributed by atoms with E-state index in [1.165, 1.54) is 5.56 Å². The van der Waals surface area contributed by atoms with E-state index < -0.39 is 9.84 Å². The van der Waals surface area contributed by atoms with E-state index in [-0.39, 0.29) is 5.25 Å². The SMILES string of the molecule is C/C=C\CC(CC)c1ccc(S(=O)(=O)C(C)C)cc1. The van der Waals surface area contributed by atoms with E-state index in [0.29, 0.717) is 10.8 Å². The molecule has 1 aromatic rings. The monoisotopic (exact) mass is 280 g/mol. The van der Waals surface area contributed by atoms with Gasteiger partial charge in [0.2, 0.25) is 0 Å². The highest BCUT2D eigenvalue weighted by Crippen LogP contribution is 2.25. The summed E-state index contributed by atoms with van der Waals surface area (Å²) in [7, 11) is -3.16. The van der Waals surface area contributed by atoms with Crippen molar-refractivity contribution in [2.45, 2.75) is 56.6 Å². The topological polar surface area (TPSA) is 34.1 Å². The Balaban J connectivity index is 2.98. The van der Waals surface area contributed by atoms with Gasteiger partial charge in [0, 0.05) is 0 Å². The van der Waals surface area contributed by atoms with Gasteiger partial charge in [0.1, 0.15) is 0 Å². The van der Waals surface area contributed by atoms with Crippen LogP contribution in [0, 0.1) is 0 Å². The first kappa shape index (κ1) is 16.0. The number of sulfone groups is 1. The second-order valence-corrected chi connectivity index (χ2v) is 7.58. The molecule has 0 aliphatic rings. The van der Waals surface area contributed by atoms with Crippen LogP contribution in [-0.2, 0) is 9.84 Å². The van der Waals surface area contributed by atoms with E-state index in [1.807, 2.05) is 19.1 Å². The van der Waals surface area contributed by atoms with Gasteiger partial charge in [0.05, 0.1) is 10.1 Å². The molecule has 0 aliphatic heterocycles. The summed E-state index contributed by atoms with van der Waals surface area (Å²) in [6, 6.07) is 7.38. The molecule has 1 aromatic carbocycles. The van der Waals surface area contributed by atoms with Crippen molar-refractivity contribution in [2.75, 3.05) is 0 Å². The van der Waals surface area contributed by atoms with Crippen LogP contribution in [0.2, 0.25) is 0 Å². The second kappa shape index (κ2) is 6.90. The van der Waals surface area contributed by atoms with Crippen molar-refractivity contribution in [2.24, 2.45) is 0 Å². The molecule has 3 heteroatoms. The minimum atomic E-state index is -3.16. The number of benzene rings is 1. The molecule has 19 heavy (non-hydrogen) atoms. The van der Waals surface area contributed by atoms with E-state index in [4.69, 9.17) is 0 Å². The average Bonchev–Trinajstić information content (AvgIpc) is 2.40. The number of rotatable bonds is 6. The zero-order valence-electron chi connectivity index (χ0n) is 12.3. The minimum absolute atomic E-state index is 0.372. The fourth-order valence-corrected chi connectivity index (χ4v) is 3.10. The van der Waals surface area contributed by atoms with Crippen LogP contribution >= 0.6 is 0 Å². The van der Waals surface area contributed by atoms with Crippen LogP contribution in [0.1, 0.15) is 52.0 Å². The van der Waals surface area contributed by atoms with Crippen molar-refractivity contribution in [1.29, 1.82) is 0 Å². The summed E-state index contributed by atoms with van der Waals surface area (Å²) in [5, 5.41) is -0.372. The minimum Gasteiger partial charge on any atom is -0.223 e. The fraction of sp³-hybridized carbons (Fsp3) is 0.500. The molecule has 0 aromatic heterocycles. The van der Waals surface area contributed by atoms with Crippen LogP contribution in [-0.4, -0.2) is 13.7 Å². The van der Waals surface area contributed by atoms with Crippen molar-refractivity contribution in [3.8, 4) is 0 Å². The Labute approximate surface area is 117 Å². The first-order valence-corrected chi connectivity index (χ1v) is 8.43. The van der Waals surface area contributed by atoms with Gasteiger partial charge in [-0.2, -0.15) is 0 Å². The summed E-state index contributed by atoms with van der Waals surface area (Å²) in [6.45, 7) is 7.60. The highest BCUT2D eigenvalue weighted by Gasteiger charge is 2.19. The van der Waals surface area contributed by atoms with Gasteiger partial charge in [-0.05, 0) is 57.2 Å². The third kappa shape index (κ3) is 3.93. The predicted molar refractivity (Wildman–Crippen MR) is 81.2 cm³/mol. The predicted octanol–water partition coefficient (Wildman–Crippen LogP) is 4.33. The molecule has 1 unspecified atom stereocenters. The fourth-order valence-electron chi connectivity index (χ4n) is 2.04. The molecule has 2 nitrogen and oxygen atoms in total. The Morgan fingerprint density at radius 1 is 1.16 bits per heavy atom. The molecule has 0 aliphatic carbocycles. The second-order valence-electron chi connectivity index (χ2n) is 5.07. The van der Waals surface area contributed by atoms with Crippen molar-refractivity contribution < 1.29 is 8.42 Å². The van der Waals surface area contributed by atoms with Gasteiger partial charge < -0.3 is 0 Å². The Morgan fingerprint density at radius 2 is 1.74 bits per heavy atom. The van der Waals surface area contributed by atoms with Crippen LogP contribution in [0.15, 0.2) is 41.3 Å². The summed E-state index contributed by atoms with van der Waals surface area (Å²) in [5.74, 6) is 0.465. The zero-order valence-corrected chi connectivity index (χ0v) is 13.1. The van der Waals surface area contributed by atoms with Gasteiger partial charge in [-0.15, -0.1) is 0 Å². The molecule has 0 bridgehead atoms. The Bertz CT molecular complexity index is 510. The highest BCUT2D eigenvalue weighted by molar-refractivity contribution is 7.92. The third-order valence-electron chi connectivity index (χ3n) is 3.45. The van der Waals surface area contributed by atoms with Crippen molar-refractivity contribution in [3.63, 3.8) is 0 Å². The number of allylic oxidation sites excluding steroid dienone is 2. The molecule has 0 spiro atoms. The standard InChI is InChI=1S/C16H24O2S/c1-5-7-8-14(6-2)15-9-11-16(12-10-15)19(17,18)13(3)4/h5,7,9-14H,6,8H2,1-4H3/b7-5-. The van der Waals surface area contributed by atoms with E-state index in [9.17, 15) is 8.42 Å². The first-order chi connectivity index (χ1) is 8.93. The maximum atomic E-state index is 12.0. The summed E-state index contributed by atoms with van der Waals surface area (Å²) < 4.78 is 24.1. The molecule has 0 saturated carbocycles. The highest BCUT2D eigenvalue weighted by atomic mass is 32.2. The summed E-state index contributed by atoms with van der Waals surface area (Å²) >= 11 is 0. The van der Waals surface area contributed by atoms with Crippen molar-refractivity contribution >= 4 is 9.84 Å². The Hall–Kier alpha value is -1.09. The maximum absolute atomic E-state index is 12.0. The summed E-state index contributed by atoms with van der Waals surface area (Å²) in [6.07, 6.45) is 6.27. The lowest BCUT2D eigenvalue weighted by molar-refractivity contribution is 0.587. The number of hydrogen-bond acceptors (Lipinski definition) is 2. The third-order valence-corrected chi connectivity index (χ3v) is 5.62. The molecule has 0 radical (unpaired) electrons. The Morgan fingerprint density at radius 3 is 2.16 bits per heavy atom. The zero-order chi connectivity index (χ0) is 14.5. The quantitative estimate of drug-likeness (QED) is 0.727. The van der Waals surface area contributed by atoms with Crippen LogP contribution in [0.4, 0.5) is 0 Å². The van der Waals surface area contributed by atoms with Gasteiger partial charge in [0.15, 0.2) is 9.84 Å². The number of hydrogen-bond donors (Lipinski definition) is 0. The average molecular weight is 280 g/mol. The van der Waals surface area contributed by atoms with Gasteiger partial charge >= 0.3 is 0 Å². The molecule has 1 atom stereocenters. The smallest absolute Gasteiger partial charge is 0.180 e. The van der Waals surface area contributed by atoms with Crippen LogP contribution < -0.4 is 0 Å². The lowest BCUT2D eigenvalue weighted by Gasteiger charge is -2.14. The lowest BCUT2D eigenvalue weighted by Crippen LogP contribution is -2.14. The largest absolute Gasteiger partial charge is 0.223 e. The van der Waals surface area contributed by atoms with Gasteiger partial charge in [-0.1, -0.05) is 31.2 Å². The molecule has 1 rings (SSSR count). The van der Waals surface area contributed by atoms with Gasteiger partial charge in [0.25, 0.3) is 0 Å². The first-order valence-electron chi connectivity index (χ1n) is 6.88. The molecule has 0 fully saturated rings. The van der Waals surface area contributed by atoms with Crippen LogP contribution in [0.3, 0.4) is 0 Å². The van der Waals surface area contributed by atoms with E-state index in [0.717, 1.165) is 12.8 Å². The molecule has 0 N–H and O–H groups in total. The van der Waals surface area contributed by atoms with Crippen molar-refractivity contribution in [3.05, 3.63) is 42.0 Å². The van der Waals surface area contributed by atoms with Crippen molar-refractivity contribution in [1.82, 2.24) is 0 Å². The Kier molecular flexibility index (Phi) is 5.80. The van der Waals surface area contributed by atoms with E-state index in [2.05, 4.69) is 19.1 Å². The normalized spacial score (nSPS) is 14.2. The molecular formula is C16H24O2S. The molecular weight excluding hydrogens is 256 g/mol. The van der Waals surface area contributed by atoms with Gasteiger partial charge in [-0.3, -0.25) is 0 Å². The molecule has 0 saturated heterocycles.